The third kappa shape index (κ3) is 6.77. The number of anilines is 6. The van der Waals surface area contributed by atoms with Crippen molar-refractivity contribution < 1.29 is 5.11 Å². The van der Waals surface area contributed by atoms with Gasteiger partial charge in [-0.2, -0.15) is 0 Å². The Morgan fingerprint density at radius 3 is 1.41 bits per heavy atom. The highest BCUT2D eigenvalue weighted by molar-refractivity contribution is 6.10. The summed E-state index contributed by atoms with van der Waals surface area (Å²) in [7, 11) is 0. The van der Waals surface area contributed by atoms with Gasteiger partial charge in [-0.3, -0.25) is 0 Å². The van der Waals surface area contributed by atoms with Crippen LogP contribution in [-0.4, -0.2) is 9.67 Å². The summed E-state index contributed by atoms with van der Waals surface area (Å²) in [4.78, 5) is 4.54. The zero-order chi connectivity index (χ0) is 39.7. The molecule has 0 saturated heterocycles. The van der Waals surface area contributed by atoms with E-state index in [1.54, 1.807) is 12.1 Å². The molecule has 4 nitrogen and oxygen atoms in total. The predicted octanol–water partition coefficient (Wildman–Crippen LogP) is 15.1. The van der Waals surface area contributed by atoms with Crippen molar-refractivity contribution >= 4 is 55.9 Å². The second kappa shape index (κ2) is 15.3. The Bertz CT molecular complexity index is 3030. The number of fused-ring (bicyclic) bond motifs is 3. The van der Waals surface area contributed by atoms with Crippen molar-refractivity contribution in [3.05, 3.63) is 230 Å². The van der Waals surface area contributed by atoms with Gasteiger partial charge in [0.05, 0.1) is 11.0 Å². The van der Waals surface area contributed by atoms with Crippen LogP contribution < -0.4 is 9.80 Å². The molecule has 0 bridgehead atoms. The fourth-order valence-electron chi connectivity index (χ4n) is 8.28. The van der Waals surface area contributed by atoms with E-state index in [1.807, 2.05) is 12.1 Å². The number of aromatic nitrogens is 1. The summed E-state index contributed by atoms with van der Waals surface area (Å²) in [6.45, 7) is 2.16. The Balaban J connectivity index is 0.970. The first-order valence-corrected chi connectivity index (χ1v) is 20.0. The third-order valence-electron chi connectivity index (χ3n) is 11.2. The SMILES string of the molecule is Cc1ccccc1N(c1ccccc1)c1ccc(-c2ccc(N(c3ccc(O)cc3)c3ccc(-c4ccc5c6ccccc6n(-c6ccccc6)c5c4)cc3)cc2)cc1. The van der Waals surface area contributed by atoms with E-state index in [2.05, 4.69) is 221 Å². The summed E-state index contributed by atoms with van der Waals surface area (Å²) in [6, 6.07) is 78.7. The second-order valence-corrected chi connectivity index (χ2v) is 14.9. The van der Waals surface area contributed by atoms with E-state index in [0.717, 1.165) is 62.1 Å². The molecule has 0 aliphatic heterocycles. The Kier molecular flexibility index (Phi) is 9.20. The van der Waals surface area contributed by atoms with Crippen LogP contribution in [0.4, 0.5) is 34.1 Å². The maximum Gasteiger partial charge on any atom is 0.115 e. The molecular formula is C55H41N3O. The number of para-hydroxylation sites is 4. The van der Waals surface area contributed by atoms with Crippen LogP contribution in [0.25, 0.3) is 49.7 Å². The number of rotatable bonds is 9. The van der Waals surface area contributed by atoms with Gasteiger partial charge >= 0.3 is 0 Å². The topological polar surface area (TPSA) is 31.6 Å². The van der Waals surface area contributed by atoms with Crippen molar-refractivity contribution in [2.24, 2.45) is 0 Å². The Morgan fingerprint density at radius 1 is 0.356 bits per heavy atom. The van der Waals surface area contributed by atoms with Gasteiger partial charge in [0.15, 0.2) is 0 Å². The third-order valence-corrected chi connectivity index (χ3v) is 11.2. The molecule has 0 spiro atoms. The second-order valence-electron chi connectivity index (χ2n) is 14.9. The van der Waals surface area contributed by atoms with Crippen molar-refractivity contribution in [3.8, 4) is 33.7 Å². The molecule has 282 valence electrons. The monoisotopic (exact) mass is 759 g/mol. The molecule has 59 heavy (non-hydrogen) atoms. The lowest BCUT2D eigenvalue weighted by Crippen LogP contribution is -2.11. The molecule has 0 aliphatic rings. The molecule has 0 amide bonds. The van der Waals surface area contributed by atoms with Crippen LogP contribution in [0.1, 0.15) is 5.56 Å². The lowest BCUT2D eigenvalue weighted by molar-refractivity contribution is 0.475. The molecule has 10 rings (SSSR count). The summed E-state index contributed by atoms with van der Waals surface area (Å²) in [5.41, 5.74) is 15.7. The number of aromatic hydroxyl groups is 1. The van der Waals surface area contributed by atoms with Gasteiger partial charge in [-0.1, -0.05) is 121 Å². The van der Waals surface area contributed by atoms with E-state index in [4.69, 9.17) is 0 Å². The standard InChI is InChI=1S/C55H41N3O/c1-39-12-8-10-18-53(39)57(44-13-4-2-5-14-44)49-31-22-41(23-32-49)40-20-27-46(28-21-40)56(48-33-35-50(59)36-34-48)47-29-24-42(25-30-47)43-26-37-52-51-17-9-11-19-54(51)58(55(52)38-43)45-15-6-3-7-16-45/h2-38,59H,1H3. The zero-order valence-electron chi connectivity index (χ0n) is 32.7. The van der Waals surface area contributed by atoms with E-state index >= 15 is 0 Å². The Morgan fingerprint density at radius 2 is 0.797 bits per heavy atom. The number of phenols is 1. The lowest BCUT2D eigenvalue weighted by Gasteiger charge is -2.27. The maximum atomic E-state index is 10.2. The fraction of sp³-hybridized carbons (Fsp3) is 0.0182. The van der Waals surface area contributed by atoms with Gasteiger partial charge in [0.25, 0.3) is 0 Å². The molecule has 0 unspecified atom stereocenters. The number of benzene rings is 9. The van der Waals surface area contributed by atoms with Crippen LogP contribution in [0.3, 0.4) is 0 Å². The largest absolute Gasteiger partial charge is 0.508 e. The molecule has 0 atom stereocenters. The first kappa shape index (κ1) is 35.6. The normalized spacial score (nSPS) is 11.2. The minimum atomic E-state index is 0.236. The number of hydrogen-bond donors (Lipinski definition) is 1. The smallest absolute Gasteiger partial charge is 0.115 e. The maximum absolute atomic E-state index is 10.2. The number of aryl methyl sites for hydroxylation is 1. The van der Waals surface area contributed by atoms with Crippen LogP contribution in [-0.2, 0) is 0 Å². The van der Waals surface area contributed by atoms with Gasteiger partial charge in [0, 0.05) is 50.6 Å². The highest BCUT2D eigenvalue weighted by Gasteiger charge is 2.17. The highest BCUT2D eigenvalue weighted by atomic mass is 16.3. The molecule has 1 aromatic heterocycles. The minimum absolute atomic E-state index is 0.236. The van der Waals surface area contributed by atoms with Crippen LogP contribution >= 0.6 is 0 Å². The molecule has 0 radical (unpaired) electrons. The average Bonchev–Trinajstić information content (AvgIpc) is 3.63. The first-order chi connectivity index (χ1) is 29.1. The quantitative estimate of drug-likeness (QED) is 0.159. The van der Waals surface area contributed by atoms with E-state index in [-0.39, 0.29) is 5.75 Å². The van der Waals surface area contributed by atoms with Crippen molar-refractivity contribution in [1.82, 2.24) is 4.57 Å². The van der Waals surface area contributed by atoms with Crippen LogP contribution in [0, 0.1) is 6.92 Å². The van der Waals surface area contributed by atoms with Gasteiger partial charge in [-0.15, -0.1) is 0 Å². The highest BCUT2D eigenvalue weighted by Crippen LogP contribution is 2.40. The van der Waals surface area contributed by atoms with Crippen LogP contribution in [0.2, 0.25) is 0 Å². The lowest BCUT2D eigenvalue weighted by atomic mass is 10.0. The van der Waals surface area contributed by atoms with Crippen LogP contribution in [0.5, 0.6) is 5.75 Å². The van der Waals surface area contributed by atoms with Crippen molar-refractivity contribution in [1.29, 1.82) is 0 Å². The number of nitrogens with zero attached hydrogens (tertiary/aromatic N) is 3. The summed E-state index contributed by atoms with van der Waals surface area (Å²) in [5.74, 6) is 0.236. The van der Waals surface area contributed by atoms with Gasteiger partial charge < -0.3 is 19.5 Å². The molecule has 0 saturated carbocycles. The summed E-state index contributed by atoms with van der Waals surface area (Å²) >= 11 is 0. The molecule has 0 fully saturated rings. The summed E-state index contributed by atoms with van der Waals surface area (Å²) in [5, 5.41) is 12.7. The Hall–Kier alpha value is -7.82. The van der Waals surface area contributed by atoms with E-state index in [1.165, 1.54) is 27.4 Å². The molecular weight excluding hydrogens is 719 g/mol. The van der Waals surface area contributed by atoms with E-state index < -0.39 is 0 Å². The fourth-order valence-corrected chi connectivity index (χ4v) is 8.28. The van der Waals surface area contributed by atoms with Gasteiger partial charge in [0.1, 0.15) is 5.75 Å². The number of phenolic OH excluding ortho intramolecular Hbond substituents is 1. The summed E-state index contributed by atoms with van der Waals surface area (Å²) < 4.78 is 2.36. The summed E-state index contributed by atoms with van der Waals surface area (Å²) in [6.07, 6.45) is 0. The predicted molar refractivity (Wildman–Crippen MR) is 247 cm³/mol. The zero-order valence-corrected chi connectivity index (χ0v) is 32.7. The van der Waals surface area contributed by atoms with E-state index in [9.17, 15) is 5.11 Å². The molecule has 0 aliphatic carbocycles. The molecule has 1 N–H and O–H groups in total. The van der Waals surface area contributed by atoms with Gasteiger partial charge in [-0.25, -0.2) is 0 Å². The average molecular weight is 760 g/mol. The van der Waals surface area contributed by atoms with Crippen LogP contribution in [0.15, 0.2) is 224 Å². The van der Waals surface area contributed by atoms with Crippen molar-refractivity contribution in [2.45, 2.75) is 6.92 Å². The molecule has 10 aromatic rings. The van der Waals surface area contributed by atoms with Gasteiger partial charge in [0.2, 0.25) is 0 Å². The van der Waals surface area contributed by atoms with Crippen molar-refractivity contribution in [2.75, 3.05) is 9.80 Å². The van der Waals surface area contributed by atoms with Crippen molar-refractivity contribution in [3.63, 3.8) is 0 Å². The Labute approximate surface area is 344 Å². The number of hydrogen-bond acceptors (Lipinski definition) is 3. The molecule has 9 aromatic carbocycles. The van der Waals surface area contributed by atoms with E-state index in [0.29, 0.717) is 0 Å². The van der Waals surface area contributed by atoms with Gasteiger partial charge in [-0.05, 0) is 138 Å². The molecule has 1 heterocycles. The minimum Gasteiger partial charge on any atom is -0.508 e. The molecule has 4 heteroatoms. The first-order valence-electron chi connectivity index (χ1n) is 20.0.